The number of aliphatic hydroxyl groups is 1. The maximum absolute atomic E-state index is 13.2. The highest BCUT2D eigenvalue weighted by atomic mass is 19.1. The molecule has 1 fully saturated rings. The zero-order chi connectivity index (χ0) is 12.5. The Kier molecular flexibility index (Phi) is 3.50. The molecule has 1 aliphatic heterocycles. The molecule has 2 rings (SSSR count). The normalized spacial score (nSPS) is 26.8. The molecule has 1 N–H and O–H groups in total. The van der Waals surface area contributed by atoms with Crippen molar-refractivity contribution in [2.75, 3.05) is 6.61 Å². The van der Waals surface area contributed by atoms with Gasteiger partial charge in [0.25, 0.3) is 0 Å². The highest BCUT2D eigenvalue weighted by Crippen LogP contribution is 2.37. The van der Waals surface area contributed by atoms with Crippen molar-refractivity contribution in [1.29, 1.82) is 0 Å². The Labute approximate surface area is 101 Å². The predicted octanol–water partition coefficient (Wildman–Crippen LogP) is 3.13. The third kappa shape index (κ3) is 2.50. The summed E-state index contributed by atoms with van der Waals surface area (Å²) in [6.07, 6.45) is 2.12. The lowest BCUT2D eigenvalue weighted by Crippen LogP contribution is -2.39. The van der Waals surface area contributed by atoms with Gasteiger partial charge in [-0.3, -0.25) is 0 Å². The van der Waals surface area contributed by atoms with Crippen LogP contribution < -0.4 is 0 Å². The highest BCUT2D eigenvalue weighted by Gasteiger charge is 2.37. The minimum absolute atomic E-state index is 0.316. The van der Waals surface area contributed by atoms with Crippen LogP contribution >= 0.6 is 0 Å². The average Bonchev–Trinajstić information content (AvgIpc) is 2.32. The van der Waals surface area contributed by atoms with Crippen molar-refractivity contribution in [3.8, 4) is 0 Å². The Hall–Kier alpha value is -0.930. The zero-order valence-electron chi connectivity index (χ0n) is 10.4. The summed E-state index contributed by atoms with van der Waals surface area (Å²) < 4.78 is 19.0. The topological polar surface area (TPSA) is 29.5 Å². The summed E-state index contributed by atoms with van der Waals surface area (Å²) in [5.74, 6) is -0.316. The summed E-state index contributed by atoms with van der Waals surface area (Å²) in [5.41, 5.74) is 0.945. The molecule has 2 unspecified atom stereocenters. The van der Waals surface area contributed by atoms with E-state index in [4.69, 9.17) is 4.74 Å². The SMILES string of the molecule is Cc1ccc(F)cc1C(O)C1(C)CCCCO1. The number of hydrogen-bond donors (Lipinski definition) is 1. The van der Waals surface area contributed by atoms with Crippen LogP contribution in [-0.4, -0.2) is 17.3 Å². The molecular weight excluding hydrogens is 219 g/mol. The third-order valence-corrected chi connectivity index (χ3v) is 3.61. The second kappa shape index (κ2) is 4.75. The molecule has 0 aliphatic carbocycles. The van der Waals surface area contributed by atoms with E-state index < -0.39 is 11.7 Å². The van der Waals surface area contributed by atoms with Crippen molar-refractivity contribution in [1.82, 2.24) is 0 Å². The number of rotatable bonds is 2. The quantitative estimate of drug-likeness (QED) is 0.857. The summed E-state index contributed by atoms with van der Waals surface area (Å²) in [6, 6.07) is 4.51. The van der Waals surface area contributed by atoms with Gasteiger partial charge in [-0.1, -0.05) is 6.07 Å². The van der Waals surface area contributed by atoms with Gasteiger partial charge < -0.3 is 9.84 Å². The van der Waals surface area contributed by atoms with Gasteiger partial charge in [-0.15, -0.1) is 0 Å². The smallest absolute Gasteiger partial charge is 0.123 e. The van der Waals surface area contributed by atoms with Crippen LogP contribution in [0.3, 0.4) is 0 Å². The fourth-order valence-corrected chi connectivity index (χ4v) is 2.41. The van der Waals surface area contributed by atoms with Gasteiger partial charge in [0.15, 0.2) is 0 Å². The van der Waals surface area contributed by atoms with Crippen LogP contribution in [0.25, 0.3) is 0 Å². The lowest BCUT2D eigenvalue weighted by molar-refractivity contribution is -0.138. The first kappa shape index (κ1) is 12.5. The molecule has 1 aliphatic rings. The molecule has 94 valence electrons. The first-order chi connectivity index (χ1) is 8.03. The molecule has 0 saturated carbocycles. The number of benzene rings is 1. The molecule has 1 aromatic carbocycles. The fraction of sp³-hybridized carbons (Fsp3) is 0.571. The molecule has 1 aromatic rings. The van der Waals surface area contributed by atoms with E-state index >= 15 is 0 Å². The van der Waals surface area contributed by atoms with Gasteiger partial charge in [0.1, 0.15) is 11.9 Å². The van der Waals surface area contributed by atoms with Crippen LogP contribution in [-0.2, 0) is 4.74 Å². The van der Waals surface area contributed by atoms with Crippen LogP contribution in [0.4, 0.5) is 4.39 Å². The third-order valence-electron chi connectivity index (χ3n) is 3.61. The Morgan fingerprint density at radius 1 is 1.41 bits per heavy atom. The first-order valence-electron chi connectivity index (χ1n) is 6.11. The number of aryl methyl sites for hydroxylation is 1. The van der Waals surface area contributed by atoms with E-state index in [1.54, 1.807) is 6.07 Å². The summed E-state index contributed by atoms with van der Waals surface area (Å²) in [5, 5.41) is 10.4. The van der Waals surface area contributed by atoms with E-state index in [1.165, 1.54) is 12.1 Å². The van der Waals surface area contributed by atoms with Crippen LogP contribution in [0, 0.1) is 12.7 Å². The Bertz CT molecular complexity index is 397. The van der Waals surface area contributed by atoms with Crippen molar-refractivity contribution >= 4 is 0 Å². The molecular formula is C14H19FO2. The average molecular weight is 238 g/mol. The minimum Gasteiger partial charge on any atom is -0.385 e. The van der Waals surface area contributed by atoms with Crippen LogP contribution in [0.2, 0.25) is 0 Å². The summed E-state index contributed by atoms with van der Waals surface area (Å²) in [4.78, 5) is 0. The molecule has 2 atom stereocenters. The second-order valence-corrected chi connectivity index (χ2v) is 5.02. The van der Waals surface area contributed by atoms with Gasteiger partial charge in [0.2, 0.25) is 0 Å². The number of halogens is 1. The second-order valence-electron chi connectivity index (χ2n) is 5.02. The number of aliphatic hydroxyl groups excluding tert-OH is 1. The summed E-state index contributed by atoms with van der Waals surface area (Å²) >= 11 is 0. The summed E-state index contributed by atoms with van der Waals surface area (Å²) in [6.45, 7) is 4.45. The van der Waals surface area contributed by atoms with E-state index in [2.05, 4.69) is 0 Å². The van der Waals surface area contributed by atoms with Crippen molar-refractivity contribution in [3.05, 3.63) is 35.1 Å². The van der Waals surface area contributed by atoms with Gasteiger partial charge in [-0.25, -0.2) is 4.39 Å². The minimum atomic E-state index is -0.765. The zero-order valence-corrected chi connectivity index (χ0v) is 10.4. The maximum Gasteiger partial charge on any atom is 0.123 e. The van der Waals surface area contributed by atoms with Crippen molar-refractivity contribution in [3.63, 3.8) is 0 Å². The molecule has 0 radical (unpaired) electrons. The molecule has 0 bridgehead atoms. The van der Waals surface area contributed by atoms with E-state index in [-0.39, 0.29) is 5.82 Å². The molecule has 1 saturated heterocycles. The lowest BCUT2D eigenvalue weighted by atomic mass is 9.85. The number of hydrogen-bond acceptors (Lipinski definition) is 2. The van der Waals surface area contributed by atoms with E-state index in [0.29, 0.717) is 12.2 Å². The van der Waals surface area contributed by atoms with Gasteiger partial charge in [0, 0.05) is 6.61 Å². The van der Waals surface area contributed by atoms with Crippen LogP contribution in [0.1, 0.15) is 43.4 Å². The maximum atomic E-state index is 13.2. The van der Waals surface area contributed by atoms with Crippen molar-refractivity contribution in [2.24, 2.45) is 0 Å². The van der Waals surface area contributed by atoms with Gasteiger partial charge >= 0.3 is 0 Å². The molecule has 17 heavy (non-hydrogen) atoms. The largest absolute Gasteiger partial charge is 0.385 e. The van der Waals surface area contributed by atoms with E-state index in [0.717, 1.165) is 24.8 Å². The molecule has 0 amide bonds. The fourth-order valence-electron chi connectivity index (χ4n) is 2.41. The molecule has 2 nitrogen and oxygen atoms in total. The number of ether oxygens (including phenoxy) is 1. The monoisotopic (exact) mass is 238 g/mol. The van der Waals surface area contributed by atoms with Gasteiger partial charge in [-0.05, 0) is 56.4 Å². The van der Waals surface area contributed by atoms with Gasteiger partial charge in [-0.2, -0.15) is 0 Å². The first-order valence-corrected chi connectivity index (χ1v) is 6.11. The molecule has 0 spiro atoms. The Morgan fingerprint density at radius 3 is 2.82 bits per heavy atom. The molecule has 3 heteroatoms. The van der Waals surface area contributed by atoms with Crippen LogP contribution in [0.5, 0.6) is 0 Å². The Balaban J connectivity index is 2.29. The standard InChI is InChI=1S/C14H19FO2/c1-10-5-6-11(15)9-12(10)13(16)14(2)7-3-4-8-17-14/h5-6,9,13,16H,3-4,7-8H2,1-2H3. The van der Waals surface area contributed by atoms with Crippen molar-refractivity contribution < 1.29 is 14.2 Å². The van der Waals surface area contributed by atoms with E-state index in [1.807, 2.05) is 13.8 Å². The molecule has 0 aromatic heterocycles. The predicted molar refractivity (Wildman–Crippen MR) is 64.3 cm³/mol. The van der Waals surface area contributed by atoms with Crippen molar-refractivity contribution in [2.45, 2.75) is 44.8 Å². The van der Waals surface area contributed by atoms with E-state index in [9.17, 15) is 9.50 Å². The van der Waals surface area contributed by atoms with Gasteiger partial charge in [0.05, 0.1) is 5.60 Å². The lowest BCUT2D eigenvalue weighted by Gasteiger charge is -2.38. The molecule has 1 heterocycles. The van der Waals surface area contributed by atoms with Crippen LogP contribution in [0.15, 0.2) is 18.2 Å². The Morgan fingerprint density at radius 2 is 2.18 bits per heavy atom. The summed E-state index contributed by atoms with van der Waals surface area (Å²) in [7, 11) is 0. The highest BCUT2D eigenvalue weighted by molar-refractivity contribution is 5.30.